The Morgan fingerprint density at radius 2 is 2.16 bits per heavy atom. The molecular weight excluding hydrogens is 350 g/mol. The zero-order valence-corrected chi connectivity index (χ0v) is 15.4. The second kappa shape index (κ2) is 9.15. The molecule has 1 fully saturated rings. The first-order valence-corrected chi connectivity index (χ1v) is 8.65. The van der Waals surface area contributed by atoms with E-state index < -0.39 is 0 Å². The highest BCUT2D eigenvalue weighted by Gasteiger charge is 2.38. The fraction of sp³-hybridized carbons (Fsp3) is 0.643. The van der Waals surface area contributed by atoms with Crippen LogP contribution < -0.4 is 10.5 Å². The predicted octanol–water partition coefficient (Wildman–Crippen LogP) is 0.623. The second-order valence-corrected chi connectivity index (χ2v) is 5.56. The summed E-state index contributed by atoms with van der Waals surface area (Å²) in [5.74, 6) is 0.467. The molecule has 2 unspecified atom stereocenters. The van der Waals surface area contributed by atoms with Crippen molar-refractivity contribution in [2.75, 3.05) is 39.9 Å². The van der Waals surface area contributed by atoms with E-state index in [0.29, 0.717) is 30.1 Å². The van der Waals surface area contributed by atoms with E-state index in [1.807, 2.05) is 10.8 Å². The van der Waals surface area contributed by atoms with Gasteiger partial charge in [0.2, 0.25) is 11.8 Å². The van der Waals surface area contributed by atoms with Crippen molar-refractivity contribution in [3.8, 4) is 5.88 Å². The predicted molar refractivity (Wildman–Crippen MR) is 93.2 cm³/mol. The Labute approximate surface area is 149 Å². The Morgan fingerprint density at radius 3 is 2.80 bits per heavy atom. The molecule has 3 heterocycles. The van der Waals surface area contributed by atoms with Gasteiger partial charge in [-0.25, -0.2) is 4.98 Å². The number of nitrogens with two attached hydrogens (primary N) is 1. The highest BCUT2D eigenvalue weighted by atomic mass is 32.2. The first-order chi connectivity index (χ1) is 12.2. The molecule has 0 aromatic carbocycles. The van der Waals surface area contributed by atoms with Gasteiger partial charge in [0, 0.05) is 26.9 Å². The summed E-state index contributed by atoms with van der Waals surface area (Å²) in [6, 6.07) is 0. The second-order valence-electron chi connectivity index (χ2n) is 5.04. The van der Waals surface area contributed by atoms with E-state index >= 15 is 0 Å². The molecule has 2 aromatic heterocycles. The summed E-state index contributed by atoms with van der Waals surface area (Å²) in [6.07, 6.45) is 3.69. The van der Waals surface area contributed by atoms with E-state index in [1.165, 1.54) is 19.2 Å². The standard InChI is InChI=1S/C13H19N5O4S.CH4O/c1-19-5-8-7(22-23-3)4-9(21-8)18-6-15-10-11(18)16-13(14)17-12(10)20-2;1-2/h6-9H,4-5H2,1-3H3,(H2,14,16,17);2H,1H3/t7-,8?,9?;/m0./s1. The van der Waals surface area contributed by atoms with Crippen molar-refractivity contribution >= 4 is 29.2 Å². The van der Waals surface area contributed by atoms with E-state index in [2.05, 4.69) is 15.0 Å². The number of rotatable bonds is 6. The molecular formula is C14H23N5O5S. The number of hydrogen-bond donors (Lipinski definition) is 2. The maximum atomic E-state index is 7.00. The number of imidazole rings is 1. The van der Waals surface area contributed by atoms with Gasteiger partial charge >= 0.3 is 0 Å². The van der Waals surface area contributed by atoms with Crippen LogP contribution >= 0.6 is 12.0 Å². The summed E-state index contributed by atoms with van der Waals surface area (Å²) in [7, 11) is 4.15. The van der Waals surface area contributed by atoms with Gasteiger partial charge in [0.05, 0.1) is 20.0 Å². The van der Waals surface area contributed by atoms with Crippen molar-refractivity contribution in [1.29, 1.82) is 0 Å². The van der Waals surface area contributed by atoms with Gasteiger partial charge in [-0.1, -0.05) is 0 Å². The average Bonchev–Trinajstić information content (AvgIpc) is 3.21. The molecule has 1 saturated heterocycles. The van der Waals surface area contributed by atoms with Gasteiger partial charge in [-0.3, -0.25) is 4.57 Å². The summed E-state index contributed by atoms with van der Waals surface area (Å²) < 4.78 is 24.0. The number of hydrogen-bond acceptors (Lipinski definition) is 10. The number of fused-ring (bicyclic) bond motifs is 1. The SMILES string of the molecule is CO.COCC1OC(n2cnc3c(OC)nc(N)nc32)C[C@@H]1OSC. The zero-order chi connectivity index (χ0) is 18.4. The van der Waals surface area contributed by atoms with E-state index in [4.69, 9.17) is 29.2 Å². The molecule has 0 radical (unpaired) electrons. The van der Waals surface area contributed by atoms with Crippen LogP contribution in [0.25, 0.3) is 11.2 Å². The monoisotopic (exact) mass is 373 g/mol. The number of ether oxygens (including phenoxy) is 3. The maximum Gasteiger partial charge on any atom is 0.246 e. The largest absolute Gasteiger partial charge is 0.479 e. The van der Waals surface area contributed by atoms with Gasteiger partial charge in [-0.15, -0.1) is 0 Å². The molecule has 140 valence electrons. The van der Waals surface area contributed by atoms with Crippen LogP contribution in [0.2, 0.25) is 0 Å². The highest BCUT2D eigenvalue weighted by Crippen LogP contribution is 2.35. The van der Waals surface area contributed by atoms with Crippen molar-refractivity contribution < 1.29 is 23.5 Å². The first-order valence-electron chi connectivity index (χ1n) is 7.50. The molecule has 0 aliphatic carbocycles. The molecule has 0 bridgehead atoms. The van der Waals surface area contributed by atoms with Gasteiger partial charge in [-0.05, 0) is 12.0 Å². The Hall–Kier alpha value is -1.66. The van der Waals surface area contributed by atoms with E-state index in [9.17, 15) is 0 Å². The van der Waals surface area contributed by atoms with Gasteiger partial charge in [-0.2, -0.15) is 9.97 Å². The Morgan fingerprint density at radius 1 is 1.40 bits per heavy atom. The van der Waals surface area contributed by atoms with Crippen LogP contribution in [0, 0.1) is 0 Å². The minimum absolute atomic E-state index is 0.0755. The smallest absolute Gasteiger partial charge is 0.246 e. The molecule has 3 N–H and O–H groups in total. The molecule has 0 amide bonds. The molecule has 3 atom stereocenters. The van der Waals surface area contributed by atoms with Crippen LogP contribution in [0.5, 0.6) is 5.88 Å². The third kappa shape index (κ3) is 4.12. The summed E-state index contributed by atoms with van der Waals surface area (Å²) in [4.78, 5) is 12.6. The van der Waals surface area contributed by atoms with Crippen LogP contribution in [0.1, 0.15) is 12.6 Å². The van der Waals surface area contributed by atoms with Crippen molar-refractivity contribution in [3.63, 3.8) is 0 Å². The number of aliphatic hydroxyl groups is 1. The molecule has 2 aromatic rings. The number of nitrogen functional groups attached to an aromatic ring is 1. The van der Waals surface area contributed by atoms with Gasteiger partial charge in [0.1, 0.15) is 18.4 Å². The van der Waals surface area contributed by atoms with Crippen LogP contribution in [0.3, 0.4) is 0 Å². The van der Waals surface area contributed by atoms with E-state index in [0.717, 1.165) is 7.11 Å². The Balaban J connectivity index is 0.00000109. The fourth-order valence-electron chi connectivity index (χ4n) is 2.67. The van der Waals surface area contributed by atoms with Crippen LogP contribution in [0.4, 0.5) is 5.95 Å². The lowest BCUT2D eigenvalue weighted by molar-refractivity contribution is -0.0462. The summed E-state index contributed by atoms with van der Waals surface area (Å²) in [6.45, 7) is 0.453. The van der Waals surface area contributed by atoms with Crippen molar-refractivity contribution in [3.05, 3.63) is 6.33 Å². The van der Waals surface area contributed by atoms with Crippen molar-refractivity contribution in [2.45, 2.75) is 24.9 Å². The van der Waals surface area contributed by atoms with E-state index in [1.54, 1.807) is 13.4 Å². The molecule has 25 heavy (non-hydrogen) atoms. The van der Waals surface area contributed by atoms with Crippen LogP contribution in [0.15, 0.2) is 6.33 Å². The quantitative estimate of drug-likeness (QED) is 0.696. The summed E-state index contributed by atoms with van der Waals surface area (Å²) in [5.41, 5.74) is 6.86. The van der Waals surface area contributed by atoms with Crippen molar-refractivity contribution in [1.82, 2.24) is 19.5 Å². The lowest BCUT2D eigenvalue weighted by Crippen LogP contribution is -2.27. The van der Waals surface area contributed by atoms with E-state index in [-0.39, 0.29) is 24.4 Å². The number of nitrogens with zero attached hydrogens (tertiary/aromatic N) is 4. The number of anilines is 1. The Kier molecular flexibility index (Phi) is 7.20. The number of methoxy groups -OCH3 is 2. The molecule has 3 rings (SSSR count). The summed E-state index contributed by atoms with van der Waals surface area (Å²) >= 11 is 1.31. The van der Waals surface area contributed by atoms with Crippen molar-refractivity contribution in [2.24, 2.45) is 0 Å². The minimum atomic E-state index is -0.267. The first kappa shape index (κ1) is 19.7. The Bertz CT molecular complexity index is 671. The van der Waals surface area contributed by atoms with Crippen LogP contribution in [-0.2, 0) is 13.7 Å². The van der Waals surface area contributed by atoms with Gasteiger partial charge in [0.15, 0.2) is 11.2 Å². The minimum Gasteiger partial charge on any atom is -0.479 e. The fourth-order valence-corrected chi connectivity index (χ4v) is 3.12. The zero-order valence-electron chi connectivity index (χ0n) is 14.6. The lowest BCUT2D eigenvalue weighted by Gasteiger charge is -2.16. The normalized spacial score (nSPS) is 22.7. The molecule has 0 spiro atoms. The molecule has 11 heteroatoms. The summed E-state index contributed by atoms with van der Waals surface area (Å²) in [5, 5.41) is 7.00. The molecule has 1 aliphatic heterocycles. The van der Waals surface area contributed by atoms with Gasteiger partial charge in [0.25, 0.3) is 0 Å². The third-order valence-corrected chi connectivity index (χ3v) is 4.08. The highest BCUT2D eigenvalue weighted by molar-refractivity contribution is 7.93. The van der Waals surface area contributed by atoms with Gasteiger partial charge < -0.3 is 29.2 Å². The third-order valence-electron chi connectivity index (χ3n) is 3.64. The number of aliphatic hydroxyl groups excluding tert-OH is 1. The average molecular weight is 373 g/mol. The molecule has 10 nitrogen and oxygen atoms in total. The van der Waals surface area contributed by atoms with Crippen LogP contribution in [-0.4, -0.2) is 71.0 Å². The number of aromatic nitrogens is 4. The molecule has 1 aliphatic rings. The topological polar surface area (TPSA) is 127 Å². The molecule has 0 saturated carbocycles. The maximum absolute atomic E-state index is 7.00. The lowest BCUT2D eigenvalue weighted by atomic mass is 10.2.